The lowest BCUT2D eigenvalue weighted by Crippen LogP contribution is -2.48. The molecule has 1 aliphatic rings. The molecule has 11 heteroatoms. The van der Waals surface area contributed by atoms with Crippen molar-refractivity contribution in [2.24, 2.45) is 7.05 Å². The number of halogens is 1. The van der Waals surface area contributed by atoms with Crippen LogP contribution in [0.4, 0.5) is 17.2 Å². The van der Waals surface area contributed by atoms with Gasteiger partial charge in [0.1, 0.15) is 23.3 Å². The van der Waals surface area contributed by atoms with E-state index in [1.54, 1.807) is 18.7 Å². The van der Waals surface area contributed by atoms with Gasteiger partial charge in [-0.15, -0.1) is 0 Å². The molecule has 40 heavy (non-hydrogen) atoms. The number of nitrogens with zero attached hydrogens (tertiary/aromatic N) is 7. The molecule has 5 aromatic rings. The molecule has 0 spiro atoms. The van der Waals surface area contributed by atoms with Gasteiger partial charge in [0.05, 0.1) is 23.0 Å². The number of imidazole rings is 1. The van der Waals surface area contributed by atoms with Crippen LogP contribution in [0.3, 0.4) is 0 Å². The lowest BCUT2D eigenvalue weighted by atomic mass is 10.2. The third-order valence-electron chi connectivity index (χ3n) is 7.08. The fraction of sp³-hybridized carbons (Fsp3) is 0.241. The van der Waals surface area contributed by atoms with E-state index in [1.807, 2.05) is 76.6 Å². The topological polar surface area (TPSA) is 92.8 Å². The summed E-state index contributed by atoms with van der Waals surface area (Å²) in [6, 6.07) is 13.9. The zero-order chi connectivity index (χ0) is 27.6. The number of hydrogen-bond acceptors (Lipinski definition) is 7. The van der Waals surface area contributed by atoms with E-state index in [9.17, 15) is 4.79 Å². The quantitative estimate of drug-likeness (QED) is 0.206. The highest BCUT2D eigenvalue weighted by Gasteiger charge is 2.23. The fourth-order valence-electron chi connectivity index (χ4n) is 4.99. The van der Waals surface area contributed by atoms with Crippen LogP contribution in [0.2, 0.25) is 0 Å². The molecule has 1 fully saturated rings. The number of hydrogen-bond donors (Lipinski definition) is 1. The number of alkyl halides is 1. The number of allylic oxidation sites excluding steroid dienone is 1. The van der Waals surface area contributed by atoms with E-state index in [0.29, 0.717) is 24.2 Å². The molecule has 0 aliphatic carbocycles. The highest BCUT2D eigenvalue weighted by atomic mass is 79.9. The molecule has 4 heterocycles. The largest absolute Gasteiger partial charge is 0.457 e. The zero-order valence-corrected chi connectivity index (χ0v) is 23.9. The maximum atomic E-state index is 12.4. The van der Waals surface area contributed by atoms with Gasteiger partial charge >= 0.3 is 0 Å². The molecule has 0 unspecified atom stereocenters. The van der Waals surface area contributed by atoms with E-state index in [2.05, 4.69) is 47.3 Å². The van der Waals surface area contributed by atoms with Crippen LogP contribution in [0.15, 0.2) is 73.5 Å². The molecule has 204 valence electrons. The Bertz CT molecular complexity index is 1720. The molecule has 1 N–H and O–H groups in total. The van der Waals surface area contributed by atoms with Crippen LogP contribution in [0.25, 0.3) is 16.6 Å². The number of amides is 1. The zero-order valence-electron chi connectivity index (χ0n) is 22.3. The number of fused-ring (bicyclic) bond motifs is 2. The number of anilines is 3. The average molecular weight is 602 g/mol. The fourth-order valence-corrected chi connectivity index (χ4v) is 5.18. The van der Waals surface area contributed by atoms with Crippen LogP contribution in [-0.2, 0) is 11.8 Å². The molecule has 3 aromatic heterocycles. The van der Waals surface area contributed by atoms with Gasteiger partial charge in [-0.3, -0.25) is 4.79 Å². The molecule has 2 aromatic carbocycles. The number of aromatic nitrogens is 5. The summed E-state index contributed by atoms with van der Waals surface area (Å²) < 4.78 is 10.0. The van der Waals surface area contributed by atoms with Gasteiger partial charge in [0.15, 0.2) is 5.82 Å². The van der Waals surface area contributed by atoms with Gasteiger partial charge in [-0.2, -0.15) is 5.10 Å². The molecule has 0 atom stereocenters. The molecular formula is C29H29BrN8O2. The van der Waals surface area contributed by atoms with Crippen molar-refractivity contribution in [2.75, 3.05) is 41.7 Å². The Morgan fingerprint density at radius 1 is 1.10 bits per heavy atom. The van der Waals surface area contributed by atoms with E-state index >= 15 is 0 Å². The third-order valence-corrected chi connectivity index (χ3v) is 7.45. The summed E-state index contributed by atoms with van der Waals surface area (Å²) in [5.41, 5.74) is 5.76. The number of nitrogens with one attached hydrogen (secondary N) is 1. The van der Waals surface area contributed by atoms with Crippen LogP contribution in [0.1, 0.15) is 5.56 Å². The molecule has 1 amide bonds. The van der Waals surface area contributed by atoms with Crippen LogP contribution >= 0.6 is 15.9 Å². The van der Waals surface area contributed by atoms with Crippen molar-refractivity contribution in [1.82, 2.24) is 29.0 Å². The summed E-state index contributed by atoms with van der Waals surface area (Å²) in [6.07, 6.45) is 8.74. The monoisotopic (exact) mass is 600 g/mol. The minimum Gasteiger partial charge on any atom is -0.457 e. The Kier molecular flexibility index (Phi) is 7.12. The van der Waals surface area contributed by atoms with Gasteiger partial charge in [0.2, 0.25) is 5.91 Å². The summed E-state index contributed by atoms with van der Waals surface area (Å²) in [7, 11) is 1.97. The summed E-state index contributed by atoms with van der Waals surface area (Å²) in [5.74, 6) is 2.27. The average Bonchev–Trinajstić information content (AvgIpc) is 3.57. The Balaban J connectivity index is 1.19. The van der Waals surface area contributed by atoms with Crippen LogP contribution in [-0.4, -0.2) is 66.5 Å². The number of piperazine rings is 1. The molecule has 0 bridgehead atoms. The van der Waals surface area contributed by atoms with Gasteiger partial charge in [-0.1, -0.05) is 22.0 Å². The van der Waals surface area contributed by atoms with Crippen LogP contribution < -0.4 is 15.0 Å². The Hall–Kier alpha value is -4.38. The summed E-state index contributed by atoms with van der Waals surface area (Å²) >= 11 is 3.32. The maximum Gasteiger partial charge on any atom is 0.246 e. The second kappa shape index (κ2) is 11.0. The number of rotatable bonds is 7. The van der Waals surface area contributed by atoms with E-state index < -0.39 is 0 Å². The van der Waals surface area contributed by atoms with E-state index in [1.165, 1.54) is 0 Å². The first-order valence-corrected chi connectivity index (χ1v) is 14.2. The van der Waals surface area contributed by atoms with Crippen molar-refractivity contribution in [3.05, 3.63) is 79.0 Å². The molecule has 1 aliphatic heterocycles. The maximum absolute atomic E-state index is 12.4. The van der Waals surface area contributed by atoms with E-state index in [4.69, 9.17) is 4.74 Å². The number of ether oxygens (including phenoxy) is 1. The van der Waals surface area contributed by atoms with Crippen molar-refractivity contribution >= 4 is 55.6 Å². The Morgan fingerprint density at radius 3 is 2.75 bits per heavy atom. The smallest absolute Gasteiger partial charge is 0.246 e. The van der Waals surface area contributed by atoms with E-state index in [0.717, 1.165) is 58.1 Å². The second-order valence-electron chi connectivity index (χ2n) is 9.69. The number of carbonyl (C=O) groups excluding carboxylic acids is 1. The minimum atomic E-state index is 0.0478. The predicted octanol–water partition coefficient (Wildman–Crippen LogP) is 5.06. The third kappa shape index (κ3) is 5.12. The first kappa shape index (κ1) is 25.9. The first-order valence-electron chi connectivity index (χ1n) is 13.1. The lowest BCUT2D eigenvalue weighted by Gasteiger charge is -2.35. The Morgan fingerprint density at radius 2 is 1.95 bits per heavy atom. The van der Waals surface area contributed by atoms with Gasteiger partial charge in [-0.05, 0) is 55.0 Å². The lowest BCUT2D eigenvalue weighted by molar-refractivity contribution is -0.126. The van der Waals surface area contributed by atoms with Crippen LogP contribution in [0.5, 0.6) is 11.5 Å². The van der Waals surface area contributed by atoms with E-state index in [-0.39, 0.29) is 5.91 Å². The highest BCUT2D eigenvalue weighted by Crippen LogP contribution is 2.33. The normalized spacial score (nSPS) is 14.0. The van der Waals surface area contributed by atoms with Gasteiger partial charge in [0, 0.05) is 56.5 Å². The van der Waals surface area contributed by atoms with Gasteiger partial charge < -0.3 is 24.4 Å². The summed E-state index contributed by atoms with van der Waals surface area (Å²) in [5, 5.41) is 8.56. The SMILES string of the molecule is Cc1cc(Nc2ncnn3ccc(N4CCN(C(=O)/C=C/CBr)CC4)c23)ccc1Oc1ccc2c(c1)ncn2C. The van der Waals surface area contributed by atoms with Crippen molar-refractivity contribution < 1.29 is 9.53 Å². The predicted molar refractivity (Wildman–Crippen MR) is 160 cm³/mol. The second-order valence-corrected chi connectivity index (χ2v) is 10.3. The van der Waals surface area contributed by atoms with Gasteiger partial charge in [0.25, 0.3) is 0 Å². The number of carbonyl (C=O) groups is 1. The molecule has 0 radical (unpaired) electrons. The first-order chi connectivity index (χ1) is 19.5. The number of benzene rings is 2. The van der Waals surface area contributed by atoms with Crippen molar-refractivity contribution in [3.63, 3.8) is 0 Å². The molecular weight excluding hydrogens is 572 g/mol. The van der Waals surface area contributed by atoms with Crippen molar-refractivity contribution in [3.8, 4) is 11.5 Å². The van der Waals surface area contributed by atoms with Crippen LogP contribution in [0, 0.1) is 6.92 Å². The number of aryl methyl sites for hydroxylation is 2. The van der Waals surface area contributed by atoms with Gasteiger partial charge in [-0.25, -0.2) is 14.5 Å². The summed E-state index contributed by atoms with van der Waals surface area (Å²) in [4.78, 5) is 25.5. The highest BCUT2D eigenvalue weighted by molar-refractivity contribution is 9.09. The molecule has 10 nitrogen and oxygen atoms in total. The summed E-state index contributed by atoms with van der Waals surface area (Å²) in [6.45, 7) is 4.81. The standard InChI is InChI=1S/C29H29BrN8O2/c1-20-16-21(5-8-26(20)40-22-6-7-24-23(17-22)32-19-35(24)2)34-29-28-25(9-11-38(28)33-18-31-29)36-12-14-37(15-13-36)27(39)4-3-10-30/h3-9,11,16-19H,10,12-15H2,1-2H3,(H,31,33,34)/b4-3+. The Labute approximate surface area is 240 Å². The minimum absolute atomic E-state index is 0.0478. The molecule has 1 saturated heterocycles. The molecule has 0 saturated carbocycles. The van der Waals surface area contributed by atoms with Crippen molar-refractivity contribution in [2.45, 2.75) is 6.92 Å². The molecule has 6 rings (SSSR count). The van der Waals surface area contributed by atoms with Crippen molar-refractivity contribution in [1.29, 1.82) is 0 Å².